The molecule has 2 heterocycles. The predicted octanol–water partition coefficient (Wildman–Crippen LogP) is 2.79. The Morgan fingerprint density at radius 2 is 2.00 bits per heavy atom. The Kier molecular flexibility index (Phi) is 3.92. The summed E-state index contributed by atoms with van der Waals surface area (Å²) in [6, 6.07) is 13.6. The van der Waals surface area contributed by atoms with Crippen LogP contribution in [0.5, 0.6) is 5.75 Å². The molecule has 2 aromatic rings. The van der Waals surface area contributed by atoms with Gasteiger partial charge in [0, 0.05) is 24.8 Å². The van der Waals surface area contributed by atoms with E-state index in [1.807, 2.05) is 42.5 Å². The number of ether oxygens (including phenoxy) is 1. The average molecular weight is 336 g/mol. The molecule has 1 atom stereocenters. The molecule has 0 fully saturated rings. The quantitative estimate of drug-likeness (QED) is 0.917. The van der Waals surface area contributed by atoms with Crippen LogP contribution in [-0.4, -0.2) is 25.0 Å². The van der Waals surface area contributed by atoms with Gasteiger partial charge >= 0.3 is 0 Å². The molecule has 0 aromatic heterocycles. The van der Waals surface area contributed by atoms with Crippen LogP contribution in [0.15, 0.2) is 42.5 Å². The van der Waals surface area contributed by atoms with Gasteiger partial charge in [0.2, 0.25) is 11.8 Å². The molecule has 5 heteroatoms. The summed E-state index contributed by atoms with van der Waals surface area (Å²) in [6.45, 7) is 2.67. The molecule has 0 saturated carbocycles. The minimum absolute atomic E-state index is 0.0316. The van der Waals surface area contributed by atoms with Gasteiger partial charge in [-0.25, -0.2) is 0 Å². The first-order chi connectivity index (χ1) is 12.1. The predicted molar refractivity (Wildman–Crippen MR) is 95.9 cm³/mol. The van der Waals surface area contributed by atoms with Crippen LogP contribution >= 0.6 is 0 Å². The summed E-state index contributed by atoms with van der Waals surface area (Å²) in [7, 11) is 0. The summed E-state index contributed by atoms with van der Waals surface area (Å²) >= 11 is 0. The fourth-order valence-corrected chi connectivity index (χ4v) is 3.55. The molecule has 0 saturated heterocycles. The Bertz CT molecular complexity index is 847. The Hall–Kier alpha value is -2.82. The lowest BCUT2D eigenvalue weighted by molar-refractivity contribution is -0.121. The van der Waals surface area contributed by atoms with Crippen molar-refractivity contribution < 1.29 is 14.3 Å². The van der Waals surface area contributed by atoms with Crippen LogP contribution in [-0.2, 0) is 22.4 Å². The number of amides is 2. The van der Waals surface area contributed by atoms with Gasteiger partial charge in [0.15, 0.2) is 0 Å². The Balaban J connectivity index is 1.46. The standard InChI is InChI=1S/C20H20N2O3/c1-13(23)22-9-8-14-11-17(6-7-18(14)22)21-20(24)16-10-15-4-2-3-5-19(15)25-12-16/h2-7,11,16H,8-10,12H2,1H3,(H,21,24)/t16-/m0/s1. The van der Waals surface area contributed by atoms with Crippen LogP contribution in [0.25, 0.3) is 0 Å². The lowest BCUT2D eigenvalue weighted by Crippen LogP contribution is -2.32. The van der Waals surface area contributed by atoms with Gasteiger partial charge in [0.05, 0.1) is 5.92 Å². The van der Waals surface area contributed by atoms with Crippen molar-refractivity contribution in [3.8, 4) is 5.75 Å². The van der Waals surface area contributed by atoms with Crippen LogP contribution in [0.4, 0.5) is 11.4 Å². The normalized spacial score (nSPS) is 18.1. The van der Waals surface area contributed by atoms with Crippen molar-refractivity contribution in [3.05, 3.63) is 53.6 Å². The number of anilines is 2. The number of nitrogens with one attached hydrogen (secondary N) is 1. The molecular formula is C20H20N2O3. The number of carbonyl (C=O) groups is 2. The lowest BCUT2D eigenvalue weighted by atomic mass is 9.96. The molecular weight excluding hydrogens is 316 g/mol. The van der Waals surface area contributed by atoms with Gasteiger partial charge in [0.1, 0.15) is 12.4 Å². The van der Waals surface area contributed by atoms with Crippen molar-refractivity contribution in [2.75, 3.05) is 23.4 Å². The molecule has 2 aromatic carbocycles. The topological polar surface area (TPSA) is 58.6 Å². The largest absolute Gasteiger partial charge is 0.492 e. The number of fused-ring (bicyclic) bond motifs is 2. The van der Waals surface area contributed by atoms with Gasteiger partial charge < -0.3 is 15.0 Å². The number of benzene rings is 2. The van der Waals surface area contributed by atoms with E-state index in [0.717, 1.165) is 34.7 Å². The zero-order valence-corrected chi connectivity index (χ0v) is 14.1. The summed E-state index contributed by atoms with van der Waals surface area (Å²) in [5, 5.41) is 2.99. The lowest BCUT2D eigenvalue weighted by Gasteiger charge is -2.24. The van der Waals surface area contributed by atoms with Crippen LogP contribution in [0.3, 0.4) is 0 Å². The van der Waals surface area contributed by atoms with Crippen molar-refractivity contribution in [2.24, 2.45) is 5.92 Å². The van der Waals surface area contributed by atoms with E-state index in [0.29, 0.717) is 19.6 Å². The third-order valence-corrected chi connectivity index (χ3v) is 4.87. The van der Waals surface area contributed by atoms with Crippen LogP contribution in [0.2, 0.25) is 0 Å². The van der Waals surface area contributed by atoms with Gasteiger partial charge in [-0.05, 0) is 48.2 Å². The van der Waals surface area contributed by atoms with E-state index in [2.05, 4.69) is 5.32 Å². The van der Waals surface area contributed by atoms with Gasteiger partial charge in [-0.2, -0.15) is 0 Å². The highest BCUT2D eigenvalue weighted by molar-refractivity contribution is 5.96. The number of nitrogens with zero attached hydrogens (tertiary/aromatic N) is 1. The molecule has 2 aliphatic heterocycles. The molecule has 5 nitrogen and oxygen atoms in total. The van der Waals surface area contributed by atoms with E-state index in [9.17, 15) is 9.59 Å². The van der Waals surface area contributed by atoms with Gasteiger partial charge in [0.25, 0.3) is 0 Å². The maximum Gasteiger partial charge on any atom is 0.231 e. The smallest absolute Gasteiger partial charge is 0.231 e. The minimum Gasteiger partial charge on any atom is -0.492 e. The van der Waals surface area contributed by atoms with Crippen LogP contribution in [0.1, 0.15) is 18.1 Å². The minimum atomic E-state index is -0.197. The molecule has 0 spiro atoms. The number of hydrogen-bond acceptors (Lipinski definition) is 3. The molecule has 0 radical (unpaired) electrons. The molecule has 0 aliphatic carbocycles. The second-order valence-electron chi connectivity index (χ2n) is 6.57. The second-order valence-corrected chi connectivity index (χ2v) is 6.57. The molecule has 4 rings (SSSR count). The van der Waals surface area contributed by atoms with Gasteiger partial charge in [-0.1, -0.05) is 18.2 Å². The Morgan fingerprint density at radius 3 is 2.84 bits per heavy atom. The van der Waals surface area contributed by atoms with E-state index < -0.39 is 0 Å². The number of para-hydroxylation sites is 1. The maximum absolute atomic E-state index is 12.6. The first-order valence-corrected chi connectivity index (χ1v) is 8.54. The average Bonchev–Trinajstić information content (AvgIpc) is 3.04. The highest BCUT2D eigenvalue weighted by Gasteiger charge is 2.27. The summed E-state index contributed by atoms with van der Waals surface area (Å²) in [5.41, 5.74) is 3.88. The van der Waals surface area contributed by atoms with Crippen molar-refractivity contribution in [3.63, 3.8) is 0 Å². The maximum atomic E-state index is 12.6. The molecule has 0 unspecified atom stereocenters. The number of rotatable bonds is 2. The van der Waals surface area contributed by atoms with E-state index in [-0.39, 0.29) is 17.7 Å². The van der Waals surface area contributed by atoms with Crippen molar-refractivity contribution in [1.29, 1.82) is 0 Å². The fourth-order valence-electron chi connectivity index (χ4n) is 3.55. The molecule has 2 amide bonds. The van der Waals surface area contributed by atoms with E-state index in [4.69, 9.17) is 4.74 Å². The SMILES string of the molecule is CC(=O)N1CCc2cc(NC(=O)[C@@H]3COc4ccccc4C3)ccc21. The summed E-state index contributed by atoms with van der Waals surface area (Å²) in [4.78, 5) is 26.0. The van der Waals surface area contributed by atoms with E-state index >= 15 is 0 Å². The molecule has 0 bridgehead atoms. The third-order valence-electron chi connectivity index (χ3n) is 4.87. The molecule has 1 N–H and O–H groups in total. The Morgan fingerprint density at radius 1 is 1.16 bits per heavy atom. The Labute approximate surface area is 146 Å². The monoisotopic (exact) mass is 336 g/mol. The third kappa shape index (κ3) is 2.97. The van der Waals surface area contributed by atoms with Crippen molar-refractivity contribution in [1.82, 2.24) is 0 Å². The van der Waals surface area contributed by atoms with Crippen molar-refractivity contribution in [2.45, 2.75) is 19.8 Å². The van der Waals surface area contributed by atoms with Gasteiger partial charge in [-0.15, -0.1) is 0 Å². The highest BCUT2D eigenvalue weighted by atomic mass is 16.5. The second kappa shape index (κ2) is 6.24. The fraction of sp³-hybridized carbons (Fsp3) is 0.300. The van der Waals surface area contributed by atoms with E-state index in [1.165, 1.54) is 0 Å². The highest BCUT2D eigenvalue weighted by Crippen LogP contribution is 2.31. The van der Waals surface area contributed by atoms with Crippen LogP contribution < -0.4 is 15.0 Å². The molecule has 128 valence electrons. The molecule has 25 heavy (non-hydrogen) atoms. The van der Waals surface area contributed by atoms with Crippen LogP contribution in [0, 0.1) is 5.92 Å². The summed E-state index contributed by atoms with van der Waals surface area (Å²) < 4.78 is 5.70. The van der Waals surface area contributed by atoms with Crippen molar-refractivity contribution >= 4 is 23.2 Å². The zero-order valence-electron chi connectivity index (χ0n) is 14.1. The summed E-state index contributed by atoms with van der Waals surface area (Å²) in [6.07, 6.45) is 1.50. The first-order valence-electron chi connectivity index (χ1n) is 8.54. The van der Waals surface area contributed by atoms with Gasteiger partial charge in [-0.3, -0.25) is 9.59 Å². The number of hydrogen-bond donors (Lipinski definition) is 1. The number of carbonyl (C=O) groups excluding carboxylic acids is 2. The zero-order chi connectivity index (χ0) is 17.4. The van der Waals surface area contributed by atoms with E-state index in [1.54, 1.807) is 11.8 Å². The molecule has 2 aliphatic rings. The first kappa shape index (κ1) is 15.7. The summed E-state index contributed by atoms with van der Waals surface area (Å²) in [5.74, 6) is 0.690.